The number of hydrogen-bond acceptors (Lipinski definition) is 3. The molecule has 1 aromatic carbocycles. The summed E-state index contributed by atoms with van der Waals surface area (Å²) in [7, 11) is 0. The number of likely N-dealkylation sites (tertiary alicyclic amines) is 1. The van der Waals surface area contributed by atoms with Gasteiger partial charge in [-0.3, -0.25) is 4.79 Å². The second-order valence-corrected chi connectivity index (χ2v) is 6.62. The molecule has 1 aliphatic rings. The minimum absolute atomic E-state index is 0.0113. The van der Waals surface area contributed by atoms with Gasteiger partial charge in [-0.15, -0.1) is 0 Å². The molecular weight excluding hydrogens is 330 g/mol. The Balaban J connectivity index is 1.91. The van der Waals surface area contributed by atoms with Crippen molar-refractivity contribution in [3.8, 4) is 0 Å². The Morgan fingerprint density at radius 3 is 2.46 bits per heavy atom. The predicted molar refractivity (Wildman–Crippen MR) is 103 cm³/mol. The molecule has 1 heterocycles. The van der Waals surface area contributed by atoms with Crippen LogP contribution in [0, 0.1) is 0 Å². The second kappa shape index (κ2) is 10.2. The summed E-state index contributed by atoms with van der Waals surface area (Å²) in [6, 6.07) is 9.89. The molecule has 1 saturated heterocycles. The number of carbonyl (C=O) groups is 2. The Hall–Kier alpha value is -2.08. The predicted octanol–water partition coefficient (Wildman–Crippen LogP) is 3.03. The van der Waals surface area contributed by atoms with Crippen molar-refractivity contribution in [2.24, 2.45) is 0 Å². The molecule has 0 aromatic heterocycles. The maximum Gasteiger partial charge on any atom is 0.317 e. The topological polar surface area (TPSA) is 61.9 Å². The number of urea groups is 1. The number of rotatable bonds is 7. The van der Waals surface area contributed by atoms with Crippen molar-refractivity contribution in [1.82, 2.24) is 10.2 Å². The summed E-state index contributed by atoms with van der Waals surface area (Å²) < 4.78 is 5.44. The number of amides is 3. The molecule has 0 unspecified atom stereocenters. The molecule has 0 saturated carbocycles. The average Bonchev–Trinajstić information content (AvgIpc) is 2.67. The van der Waals surface area contributed by atoms with Crippen LogP contribution in [0.3, 0.4) is 0 Å². The van der Waals surface area contributed by atoms with Crippen LogP contribution in [0.4, 0.5) is 10.5 Å². The number of hydrogen-bond donors (Lipinski definition) is 1. The van der Waals surface area contributed by atoms with Crippen molar-refractivity contribution in [3.63, 3.8) is 0 Å². The Morgan fingerprint density at radius 1 is 1.23 bits per heavy atom. The number of benzene rings is 1. The molecule has 1 fully saturated rings. The third-order valence-electron chi connectivity index (χ3n) is 4.71. The van der Waals surface area contributed by atoms with Crippen LogP contribution in [0.25, 0.3) is 0 Å². The summed E-state index contributed by atoms with van der Waals surface area (Å²) in [4.78, 5) is 28.5. The lowest BCUT2D eigenvalue weighted by Crippen LogP contribution is -2.51. The Labute approximate surface area is 156 Å². The molecule has 1 aliphatic heterocycles. The third-order valence-corrected chi connectivity index (χ3v) is 4.71. The number of carbonyl (C=O) groups excluding carboxylic acids is 2. The molecule has 1 aromatic rings. The zero-order chi connectivity index (χ0) is 18.9. The maximum absolute atomic E-state index is 12.5. The van der Waals surface area contributed by atoms with E-state index in [1.165, 1.54) is 0 Å². The Morgan fingerprint density at radius 2 is 1.88 bits per heavy atom. The summed E-state index contributed by atoms with van der Waals surface area (Å²) in [5, 5.41) is 2.93. The molecule has 2 rings (SSSR count). The van der Waals surface area contributed by atoms with E-state index in [9.17, 15) is 9.59 Å². The van der Waals surface area contributed by atoms with E-state index in [0.29, 0.717) is 32.7 Å². The largest absolute Gasteiger partial charge is 0.377 e. The highest BCUT2D eigenvalue weighted by Crippen LogP contribution is 2.24. The fourth-order valence-electron chi connectivity index (χ4n) is 3.33. The lowest BCUT2D eigenvalue weighted by molar-refractivity contribution is -0.119. The lowest BCUT2D eigenvalue weighted by atomic mass is 10.0. The third kappa shape index (κ3) is 5.46. The molecule has 144 valence electrons. The van der Waals surface area contributed by atoms with Crippen LogP contribution in [0.15, 0.2) is 30.3 Å². The minimum atomic E-state index is -0.0527. The zero-order valence-corrected chi connectivity index (χ0v) is 16.1. The first kappa shape index (κ1) is 20.2. The summed E-state index contributed by atoms with van der Waals surface area (Å²) in [6.07, 6.45) is 2.06. The van der Waals surface area contributed by atoms with Gasteiger partial charge in [-0.2, -0.15) is 0 Å². The zero-order valence-electron chi connectivity index (χ0n) is 16.1. The van der Waals surface area contributed by atoms with E-state index in [0.717, 1.165) is 18.5 Å². The summed E-state index contributed by atoms with van der Waals surface area (Å²) in [5.74, 6) is 0.129. The van der Waals surface area contributed by atoms with Crippen molar-refractivity contribution in [2.75, 3.05) is 31.1 Å². The molecule has 0 bridgehead atoms. The van der Waals surface area contributed by atoms with Gasteiger partial charge in [0.25, 0.3) is 0 Å². The second-order valence-electron chi connectivity index (χ2n) is 6.62. The maximum atomic E-state index is 12.5. The summed E-state index contributed by atoms with van der Waals surface area (Å²) >= 11 is 0. The van der Waals surface area contributed by atoms with E-state index in [1.54, 1.807) is 0 Å². The number of ether oxygens (including phenoxy) is 1. The highest BCUT2D eigenvalue weighted by molar-refractivity contribution is 5.93. The van der Waals surface area contributed by atoms with Crippen LogP contribution >= 0.6 is 0 Å². The molecular formula is C20H31N3O3. The van der Waals surface area contributed by atoms with Crippen molar-refractivity contribution < 1.29 is 14.3 Å². The quantitative estimate of drug-likeness (QED) is 0.812. The first-order valence-electron chi connectivity index (χ1n) is 9.58. The fraction of sp³-hybridized carbons (Fsp3) is 0.600. The van der Waals surface area contributed by atoms with Crippen molar-refractivity contribution >= 4 is 17.6 Å². The van der Waals surface area contributed by atoms with Gasteiger partial charge < -0.3 is 19.9 Å². The van der Waals surface area contributed by atoms with Crippen molar-refractivity contribution in [1.29, 1.82) is 0 Å². The van der Waals surface area contributed by atoms with Gasteiger partial charge in [0.05, 0.1) is 6.10 Å². The first-order chi connectivity index (χ1) is 12.6. The van der Waals surface area contributed by atoms with E-state index in [2.05, 4.69) is 5.32 Å². The number of anilines is 1. The molecule has 6 nitrogen and oxygen atoms in total. The Kier molecular flexibility index (Phi) is 7.91. The lowest BCUT2D eigenvalue weighted by Gasteiger charge is -2.38. The van der Waals surface area contributed by atoms with Crippen molar-refractivity contribution in [3.05, 3.63) is 30.3 Å². The number of nitrogens with one attached hydrogen (secondary N) is 1. The average molecular weight is 361 g/mol. The van der Waals surface area contributed by atoms with E-state index < -0.39 is 0 Å². The van der Waals surface area contributed by atoms with Crippen LogP contribution in [-0.4, -0.2) is 55.2 Å². The van der Waals surface area contributed by atoms with Gasteiger partial charge in [0.15, 0.2) is 0 Å². The molecule has 0 spiro atoms. The molecule has 1 atom stereocenters. The number of nitrogens with zero attached hydrogens (tertiary/aromatic N) is 2. The molecule has 0 radical (unpaired) electrons. The van der Waals surface area contributed by atoms with Gasteiger partial charge >= 0.3 is 6.03 Å². The van der Waals surface area contributed by atoms with Gasteiger partial charge in [0.2, 0.25) is 5.91 Å². The first-order valence-corrected chi connectivity index (χ1v) is 9.58. The fourth-order valence-corrected chi connectivity index (χ4v) is 3.33. The monoisotopic (exact) mass is 361 g/mol. The normalized spacial score (nSPS) is 16.2. The molecule has 6 heteroatoms. The van der Waals surface area contributed by atoms with E-state index in [-0.39, 0.29) is 24.1 Å². The van der Waals surface area contributed by atoms with Crippen LogP contribution in [0.5, 0.6) is 0 Å². The van der Waals surface area contributed by atoms with Gasteiger partial charge in [-0.05, 0) is 38.8 Å². The smallest absolute Gasteiger partial charge is 0.317 e. The summed E-state index contributed by atoms with van der Waals surface area (Å²) in [6.45, 7) is 8.24. The summed E-state index contributed by atoms with van der Waals surface area (Å²) in [5.41, 5.74) is 0.938. The van der Waals surface area contributed by atoms with Gasteiger partial charge in [-0.25, -0.2) is 4.79 Å². The van der Waals surface area contributed by atoms with E-state index in [4.69, 9.17) is 4.74 Å². The van der Waals surface area contributed by atoms with E-state index in [1.807, 2.05) is 60.9 Å². The SMILES string of the molecule is CCO[C@@H](C)CNC(=O)N1CCC(N(C(=O)CC)c2ccccc2)CC1. The number of para-hydroxylation sites is 1. The molecule has 0 aliphatic carbocycles. The highest BCUT2D eigenvalue weighted by atomic mass is 16.5. The van der Waals surface area contributed by atoms with Gasteiger partial charge in [-0.1, -0.05) is 25.1 Å². The van der Waals surface area contributed by atoms with Crippen LogP contribution in [-0.2, 0) is 9.53 Å². The molecule has 26 heavy (non-hydrogen) atoms. The van der Waals surface area contributed by atoms with Crippen LogP contribution in [0.2, 0.25) is 0 Å². The minimum Gasteiger partial charge on any atom is -0.377 e. The van der Waals surface area contributed by atoms with E-state index >= 15 is 0 Å². The van der Waals surface area contributed by atoms with Crippen LogP contribution in [0.1, 0.15) is 40.0 Å². The van der Waals surface area contributed by atoms with Gasteiger partial charge in [0.1, 0.15) is 0 Å². The van der Waals surface area contributed by atoms with Gasteiger partial charge in [0, 0.05) is 44.4 Å². The Bertz CT molecular complexity index is 571. The molecule has 1 N–H and O–H groups in total. The highest BCUT2D eigenvalue weighted by Gasteiger charge is 2.30. The van der Waals surface area contributed by atoms with Crippen LogP contribution < -0.4 is 10.2 Å². The number of piperidine rings is 1. The standard InChI is InChI=1S/C20H31N3O3/c1-4-19(24)23(17-9-7-6-8-10-17)18-11-13-22(14-12-18)20(25)21-15-16(3)26-5-2/h6-10,16,18H,4-5,11-15H2,1-3H3,(H,21,25)/t16-/m0/s1. The molecule has 3 amide bonds. The van der Waals surface area contributed by atoms with Crippen molar-refractivity contribution in [2.45, 2.75) is 52.2 Å².